The van der Waals surface area contributed by atoms with E-state index in [2.05, 4.69) is 36.7 Å². The molecule has 1 saturated carbocycles. The maximum atomic E-state index is 13.1. The third-order valence-electron chi connectivity index (χ3n) is 7.60. The minimum atomic E-state index is -0.968. The SMILES string of the molecule is CCCCC(NC(=O)NC1CCCCC1C(CNC(=O)C1OC(C)(C)OCC1(C)C)C(=O)O)C(C)C. The largest absolute Gasteiger partial charge is 0.481 e. The summed E-state index contributed by atoms with van der Waals surface area (Å²) in [6.07, 6.45) is 5.52. The maximum absolute atomic E-state index is 13.1. The first-order valence-corrected chi connectivity index (χ1v) is 13.7. The Morgan fingerprint density at radius 1 is 1.08 bits per heavy atom. The number of ether oxygens (including phenoxy) is 2. The summed E-state index contributed by atoms with van der Waals surface area (Å²) in [4.78, 5) is 38.2. The number of urea groups is 1. The summed E-state index contributed by atoms with van der Waals surface area (Å²) >= 11 is 0. The Labute approximate surface area is 216 Å². The van der Waals surface area contributed by atoms with Crippen LogP contribution in [0.5, 0.6) is 0 Å². The van der Waals surface area contributed by atoms with Gasteiger partial charge in [-0.15, -0.1) is 0 Å². The second-order valence-electron chi connectivity index (χ2n) is 12.0. The number of carbonyl (C=O) groups excluding carboxylic acids is 2. The van der Waals surface area contributed by atoms with Crippen LogP contribution >= 0.6 is 0 Å². The highest BCUT2D eigenvalue weighted by molar-refractivity contribution is 5.82. The van der Waals surface area contributed by atoms with E-state index >= 15 is 0 Å². The highest BCUT2D eigenvalue weighted by Gasteiger charge is 2.46. The molecule has 1 aliphatic heterocycles. The molecule has 0 aromatic carbocycles. The van der Waals surface area contributed by atoms with Gasteiger partial charge in [-0.25, -0.2) is 4.79 Å². The summed E-state index contributed by atoms with van der Waals surface area (Å²) in [6.45, 7) is 14.0. The molecule has 3 amide bonds. The Balaban J connectivity index is 2.05. The average Bonchev–Trinajstić information content (AvgIpc) is 2.79. The van der Waals surface area contributed by atoms with Crippen molar-refractivity contribution >= 4 is 17.9 Å². The van der Waals surface area contributed by atoms with Gasteiger partial charge in [-0.1, -0.05) is 60.3 Å². The summed E-state index contributed by atoms with van der Waals surface area (Å²) in [6, 6.07) is -0.423. The molecule has 1 heterocycles. The molecular formula is C27H49N3O6. The Hall–Kier alpha value is -1.87. The predicted octanol–water partition coefficient (Wildman–Crippen LogP) is 4.05. The monoisotopic (exact) mass is 511 g/mol. The first-order valence-electron chi connectivity index (χ1n) is 13.7. The second kappa shape index (κ2) is 13.1. The van der Waals surface area contributed by atoms with E-state index in [1.807, 2.05) is 13.8 Å². The van der Waals surface area contributed by atoms with Crippen LogP contribution in [0.4, 0.5) is 4.79 Å². The fraction of sp³-hybridized carbons (Fsp3) is 0.889. The van der Waals surface area contributed by atoms with Crippen molar-refractivity contribution in [1.29, 1.82) is 0 Å². The van der Waals surface area contributed by atoms with Gasteiger partial charge in [-0.05, 0) is 44.9 Å². The Kier molecular flexibility index (Phi) is 11.0. The van der Waals surface area contributed by atoms with Crippen molar-refractivity contribution in [3.8, 4) is 0 Å². The Morgan fingerprint density at radius 2 is 1.75 bits per heavy atom. The van der Waals surface area contributed by atoms with Crippen molar-refractivity contribution in [2.75, 3.05) is 13.2 Å². The molecule has 1 aliphatic carbocycles. The quantitative estimate of drug-likeness (QED) is 0.332. The number of carboxylic acids is 1. The van der Waals surface area contributed by atoms with Crippen molar-refractivity contribution in [3.05, 3.63) is 0 Å². The van der Waals surface area contributed by atoms with Crippen LogP contribution in [0.3, 0.4) is 0 Å². The van der Waals surface area contributed by atoms with Crippen molar-refractivity contribution in [3.63, 3.8) is 0 Å². The molecule has 36 heavy (non-hydrogen) atoms. The number of hydrogen-bond acceptors (Lipinski definition) is 5. The average molecular weight is 512 g/mol. The van der Waals surface area contributed by atoms with Crippen LogP contribution in [0, 0.1) is 23.2 Å². The van der Waals surface area contributed by atoms with Gasteiger partial charge in [0.05, 0.1) is 12.5 Å². The normalized spacial score (nSPS) is 27.1. The summed E-state index contributed by atoms with van der Waals surface area (Å²) in [5, 5.41) is 19.1. The van der Waals surface area contributed by atoms with Gasteiger partial charge in [-0.2, -0.15) is 0 Å². The molecule has 2 rings (SSSR count). The topological polar surface area (TPSA) is 126 Å². The highest BCUT2D eigenvalue weighted by Crippen LogP contribution is 2.35. The lowest BCUT2D eigenvalue weighted by Crippen LogP contribution is -2.58. The Morgan fingerprint density at radius 3 is 2.36 bits per heavy atom. The van der Waals surface area contributed by atoms with Crippen LogP contribution in [-0.4, -0.2) is 60.1 Å². The van der Waals surface area contributed by atoms with Crippen molar-refractivity contribution < 1.29 is 29.0 Å². The third kappa shape index (κ3) is 8.61. The molecule has 1 saturated heterocycles. The molecule has 4 N–H and O–H groups in total. The summed E-state index contributed by atoms with van der Waals surface area (Å²) in [5.74, 6) is -2.96. The highest BCUT2D eigenvalue weighted by atomic mass is 16.7. The lowest BCUT2D eigenvalue weighted by atomic mass is 9.76. The van der Waals surface area contributed by atoms with Gasteiger partial charge in [0.1, 0.15) is 6.10 Å². The smallest absolute Gasteiger partial charge is 0.315 e. The molecule has 0 aromatic heterocycles. The summed E-state index contributed by atoms with van der Waals surface area (Å²) in [5.41, 5.74) is -0.546. The number of hydrogen-bond donors (Lipinski definition) is 4. The van der Waals surface area contributed by atoms with E-state index in [0.717, 1.165) is 38.5 Å². The van der Waals surface area contributed by atoms with Crippen molar-refractivity contribution in [1.82, 2.24) is 16.0 Å². The first kappa shape index (κ1) is 30.4. The van der Waals surface area contributed by atoms with Gasteiger partial charge in [0, 0.05) is 24.0 Å². The zero-order valence-electron chi connectivity index (χ0n) is 23.3. The van der Waals surface area contributed by atoms with E-state index in [1.54, 1.807) is 13.8 Å². The van der Waals surface area contributed by atoms with Gasteiger partial charge in [-0.3, -0.25) is 9.59 Å². The van der Waals surface area contributed by atoms with Crippen molar-refractivity contribution in [2.24, 2.45) is 23.2 Å². The van der Waals surface area contributed by atoms with Crippen LogP contribution in [0.1, 0.15) is 93.4 Å². The van der Waals surface area contributed by atoms with E-state index in [-0.39, 0.29) is 36.5 Å². The molecule has 0 bridgehead atoms. The van der Waals surface area contributed by atoms with E-state index < -0.39 is 29.2 Å². The summed E-state index contributed by atoms with van der Waals surface area (Å²) in [7, 11) is 0. The number of aliphatic carboxylic acids is 1. The first-order chi connectivity index (χ1) is 16.8. The number of carbonyl (C=O) groups is 3. The van der Waals surface area contributed by atoms with Gasteiger partial charge in [0.15, 0.2) is 5.79 Å². The molecule has 0 aromatic rings. The standard InChI is InChI=1S/C27H49N3O6/c1-8-9-13-20(17(2)3)29-25(34)30-21-14-11-10-12-18(21)19(24(32)33)15-28-23(31)22-26(4,5)16-35-27(6,7)36-22/h17-22H,8-16H2,1-7H3,(H,28,31)(H,32,33)(H2,29,30,34). The lowest BCUT2D eigenvalue weighted by molar-refractivity contribution is -0.304. The van der Waals surface area contributed by atoms with Crippen LogP contribution in [-0.2, 0) is 19.1 Å². The Bertz CT molecular complexity index is 754. The van der Waals surface area contributed by atoms with Crippen LogP contribution in [0.2, 0.25) is 0 Å². The fourth-order valence-electron chi connectivity index (χ4n) is 5.24. The number of carboxylic acid groups (broad SMARTS) is 1. The van der Waals surface area contributed by atoms with E-state index in [1.165, 1.54) is 0 Å². The molecule has 5 atom stereocenters. The van der Waals surface area contributed by atoms with Gasteiger partial charge >= 0.3 is 12.0 Å². The van der Waals surface area contributed by atoms with Gasteiger partial charge in [0.2, 0.25) is 5.91 Å². The van der Waals surface area contributed by atoms with Crippen LogP contribution in [0.15, 0.2) is 0 Å². The van der Waals surface area contributed by atoms with E-state index in [4.69, 9.17) is 9.47 Å². The van der Waals surface area contributed by atoms with Gasteiger partial charge < -0.3 is 30.5 Å². The molecule has 9 nitrogen and oxygen atoms in total. The second-order valence-corrected chi connectivity index (χ2v) is 12.0. The van der Waals surface area contributed by atoms with Crippen LogP contribution < -0.4 is 16.0 Å². The van der Waals surface area contributed by atoms with E-state index in [0.29, 0.717) is 18.9 Å². The van der Waals surface area contributed by atoms with Gasteiger partial charge in [0.25, 0.3) is 0 Å². The molecule has 0 spiro atoms. The zero-order chi connectivity index (χ0) is 27.1. The van der Waals surface area contributed by atoms with Crippen LogP contribution in [0.25, 0.3) is 0 Å². The number of nitrogens with one attached hydrogen (secondary N) is 3. The third-order valence-corrected chi connectivity index (χ3v) is 7.60. The summed E-state index contributed by atoms with van der Waals surface area (Å²) < 4.78 is 11.6. The molecule has 208 valence electrons. The molecule has 5 unspecified atom stereocenters. The maximum Gasteiger partial charge on any atom is 0.315 e. The number of amides is 3. The molecule has 9 heteroatoms. The zero-order valence-corrected chi connectivity index (χ0v) is 23.3. The molecular weight excluding hydrogens is 462 g/mol. The fourth-order valence-corrected chi connectivity index (χ4v) is 5.24. The van der Waals surface area contributed by atoms with E-state index in [9.17, 15) is 19.5 Å². The predicted molar refractivity (Wildman–Crippen MR) is 138 cm³/mol. The molecule has 2 fully saturated rings. The molecule has 0 radical (unpaired) electrons. The minimum Gasteiger partial charge on any atom is -0.481 e. The van der Waals surface area contributed by atoms with Crippen molar-refractivity contribution in [2.45, 2.75) is 117 Å². The minimum absolute atomic E-state index is 0.0129. The lowest BCUT2D eigenvalue weighted by Gasteiger charge is -2.45. The number of rotatable bonds is 11. The number of unbranched alkanes of at least 4 members (excludes halogenated alkanes) is 1. The molecule has 2 aliphatic rings.